The molecule has 0 aliphatic rings. The fourth-order valence-electron chi connectivity index (χ4n) is 1.01. The Morgan fingerprint density at radius 3 is 2.69 bits per heavy atom. The fraction of sp³-hybridized carbons (Fsp3) is 0.500. The Morgan fingerprint density at radius 1 is 1.54 bits per heavy atom. The summed E-state index contributed by atoms with van der Waals surface area (Å²) in [6.07, 6.45) is -0.836. The molecule has 1 heterocycles. The summed E-state index contributed by atoms with van der Waals surface area (Å²) in [6.45, 7) is -4.47. The first-order chi connectivity index (χ1) is 5.97. The van der Waals surface area contributed by atoms with Gasteiger partial charge in [0, 0.05) is 11.9 Å². The van der Waals surface area contributed by atoms with E-state index in [2.05, 4.69) is 4.98 Å². The average molecular weight is 209 g/mol. The van der Waals surface area contributed by atoms with Gasteiger partial charge in [0.25, 0.3) is 0 Å². The lowest BCUT2D eigenvalue weighted by molar-refractivity contribution is 0.320. The highest BCUT2D eigenvalue weighted by Gasteiger charge is 2.24. The van der Waals surface area contributed by atoms with E-state index in [0.717, 1.165) is 0 Å². The van der Waals surface area contributed by atoms with Gasteiger partial charge in [0.15, 0.2) is 0 Å². The first kappa shape index (κ1) is 10.5. The molecule has 7 heteroatoms. The van der Waals surface area contributed by atoms with Crippen molar-refractivity contribution in [3.05, 3.63) is 16.6 Å². The normalized spacial score (nSPS) is 12.4. The minimum atomic E-state index is -4.73. The van der Waals surface area contributed by atoms with Crippen LogP contribution in [0.15, 0.2) is 10.9 Å². The fourth-order valence-corrected chi connectivity index (χ4v) is 1.56. The molecule has 74 valence electrons. The second-order valence-corrected chi connectivity index (χ2v) is 3.61. The van der Waals surface area contributed by atoms with E-state index < -0.39 is 13.4 Å². The van der Waals surface area contributed by atoms with E-state index in [-0.39, 0.29) is 6.54 Å². The van der Waals surface area contributed by atoms with Crippen LogP contribution in [-0.2, 0) is 6.54 Å². The molecule has 2 nitrogen and oxygen atoms in total. The van der Waals surface area contributed by atoms with Crippen molar-refractivity contribution in [3.63, 3.8) is 0 Å². The molecule has 0 unspecified atom stereocenters. The number of halogens is 3. The van der Waals surface area contributed by atoms with E-state index in [9.17, 15) is 12.9 Å². The number of hydrogen-bond acceptors (Lipinski definition) is 3. The van der Waals surface area contributed by atoms with Gasteiger partial charge in [-0.2, -0.15) is 0 Å². The van der Waals surface area contributed by atoms with Crippen LogP contribution in [0, 0.1) is 0 Å². The second kappa shape index (κ2) is 4.10. The van der Waals surface area contributed by atoms with Crippen molar-refractivity contribution in [1.29, 1.82) is 0 Å². The van der Waals surface area contributed by atoms with Crippen molar-refractivity contribution in [2.45, 2.75) is 6.54 Å². The number of aromatic nitrogens is 1. The molecule has 0 N–H and O–H groups in total. The van der Waals surface area contributed by atoms with E-state index in [1.165, 1.54) is 23.3 Å². The lowest BCUT2D eigenvalue weighted by atomic mass is 9.91. The van der Waals surface area contributed by atoms with E-state index >= 15 is 0 Å². The zero-order valence-corrected chi connectivity index (χ0v) is 7.90. The van der Waals surface area contributed by atoms with Crippen LogP contribution in [0.4, 0.5) is 12.9 Å². The van der Waals surface area contributed by atoms with Crippen LogP contribution in [0.2, 0.25) is 0 Å². The number of thiazole rings is 1. The second-order valence-electron chi connectivity index (χ2n) is 2.89. The summed E-state index contributed by atoms with van der Waals surface area (Å²) in [7, 11) is 1.44. The smallest absolute Gasteiger partial charge is 0.448 e. The van der Waals surface area contributed by atoms with Gasteiger partial charge in [0.2, 0.25) is 0 Å². The molecule has 1 aromatic rings. The molecule has 0 saturated heterocycles. The third-order valence-corrected chi connectivity index (χ3v) is 2.07. The van der Waals surface area contributed by atoms with Crippen LogP contribution in [0.5, 0.6) is 0 Å². The van der Waals surface area contributed by atoms with Gasteiger partial charge in [0.1, 0.15) is 0 Å². The molecule has 0 atom stereocenters. The molecule has 13 heavy (non-hydrogen) atoms. The summed E-state index contributed by atoms with van der Waals surface area (Å²) >= 11 is 1.39. The highest BCUT2D eigenvalue weighted by Crippen LogP contribution is 2.11. The largest absolute Gasteiger partial charge is 0.492 e. The third kappa shape index (κ3) is 4.28. The Labute approximate surface area is 78.4 Å². The van der Waals surface area contributed by atoms with E-state index in [1.807, 2.05) is 0 Å². The molecule has 1 rings (SSSR count). The standard InChI is InChI=1S/C6H9BF3N2S/c1-12(4-7(8,9)10)2-6-3-13-5-11-6/h3,5H,2,4H2,1H3/q-1. The van der Waals surface area contributed by atoms with Gasteiger partial charge < -0.3 is 17.8 Å². The SMILES string of the molecule is CN(Cc1cscn1)C[B-](F)(F)F. The summed E-state index contributed by atoms with van der Waals surface area (Å²) in [5.74, 6) is 0. The number of hydrogen-bond donors (Lipinski definition) is 0. The van der Waals surface area contributed by atoms with Gasteiger partial charge in [-0.1, -0.05) is 0 Å². The van der Waals surface area contributed by atoms with Crippen molar-refractivity contribution in [1.82, 2.24) is 9.88 Å². The Hall–Kier alpha value is -0.555. The summed E-state index contributed by atoms with van der Waals surface area (Å²) in [4.78, 5) is 5.12. The topological polar surface area (TPSA) is 16.1 Å². The van der Waals surface area contributed by atoms with Crippen LogP contribution in [-0.4, -0.2) is 30.4 Å². The van der Waals surface area contributed by atoms with Crippen molar-refractivity contribution < 1.29 is 12.9 Å². The molecule has 0 spiro atoms. The van der Waals surface area contributed by atoms with Gasteiger partial charge in [-0.25, -0.2) is 4.98 Å². The molecule has 0 fully saturated rings. The highest BCUT2D eigenvalue weighted by atomic mass is 32.1. The first-order valence-corrected chi connectivity index (χ1v) is 4.68. The number of rotatable bonds is 4. The summed E-state index contributed by atoms with van der Waals surface area (Å²) in [5, 5.41) is 1.75. The van der Waals surface area contributed by atoms with Crippen LogP contribution < -0.4 is 0 Å². The Morgan fingerprint density at radius 2 is 2.23 bits per heavy atom. The molecule has 0 bridgehead atoms. The predicted octanol–water partition coefficient (Wildman–Crippen LogP) is 1.96. The van der Waals surface area contributed by atoms with Crippen molar-refractivity contribution >= 4 is 18.3 Å². The first-order valence-electron chi connectivity index (χ1n) is 3.74. The molecule has 0 amide bonds. The maximum atomic E-state index is 11.9. The van der Waals surface area contributed by atoms with E-state index in [0.29, 0.717) is 5.69 Å². The summed E-state index contributed by atoms with van der Waals surface area (Å²) < 4.78 is 35.8. The van der Waals surface area contributed by atoms with Crippen molar-refractivity contribution in [2.24, 2.45) is 0 Å². The lowest BCUT2D eigenvalue weighted by Crippen LogP contribution is -2.35. The third-order valence-electron chi connectivity index (χ3n) is 1.43. The van der Waals surface area contributed by atoms with Gasteiger partial charge in [0.05, 0.1) is 11.2 Å². The van der Waals surface area contributed by atoms with Crippen LogP contribution in [0.3, 0.4) is 0 Å². The zero-order chi connectivity index (χ0) is 9.90. The molecule has 0 radical (unpaired) electrons. The van der Waals surface area contributed by atoms with Crippen molar-refractivity contribution in [3.8, 4) is 0 Å². The van der Waals surface area contributed by atoms with Crippen LogP contribution in [0.25, 0.3) is 0 Å². The zero-order valence-electron chi connectivity index (χ0n) is 7.08. The van der Waals surface area contributed by atoms with Crippen LogP contribution in [0.1, 0.15) is 5.69 Å². The van der Waals surface area contributed by atoms with Gasteiger partial charge in [-0.15, -0.1) is 11.3 Å². The molecule has 0 saturated carbocycles. The molecular weight excluding hydrogens is 200 g/mol. The minimum absolute atomic E-state index is 0.255. The maximum Gasteiger partial charge on any atom is 0.492 e. The summed E-state index contributed by atoms with van der Waals surface area (Å²) in [5.41, 5.74) is 2.30. The van der Waals surface area contributed by atoms with E-state index in [4.69, 9.17) is 0 Å². The van der Waals surface area contributed by atoms with Gasteiger partial charge >= 0.3 is 6.98 Å². The monoisotopic (exact) mass is 209 g/mol. The van der Waals surface area contributed by atoms with Crippen LogP contribution >= 0.6 is 11.3 Å². The Balaban J connectivity index is 2.38. The van der Waals surface area contributed by atoms with E-state index in [1.54, 1.807) is 10.9 Å². The average Bonchev–Trinajstić information content (AvgIpc) is 2.34. The number of nitrogens with zero attached hydrogens (tertiary/aromatic N) is 2. The maximum absolute atomic E-state index is 11.9. The quantitative estimate of drug-likeness (QED) is 0.704. The minimum Gasteiger partial charge on any atom is -0.448 e. The van der Waals surface area contributed by atoms with Gasteiger partial charge in [-0.3, -0.25) is 0 Å². The van der Waals surface area contributed by atoms with Crippen molar-refractivity contribution in [2.75, 3.05) is 13.5 Å². The Kier molecular flexibility index (Phi) is 3.32. The van der Waals surface area contributed by atoms with Gasteiger partial charge in [-0.05, 0) is 13.5 Å². The predicted molar refractivity (Wildman–Crippen MR) is 47.5 cm³/mol. The summed E-state index contributed by atoms with van der Waals surface area (Å²) in [6, 6.07) is 0. The molecular formula is C6H9BF3N2S-. The molecule has 0 aromatic carbocycles. The molecule has 1 aromatic heterocycles. The Bertz CT molecular complexity index is 249. The lowest BCUT2D eigenvalue weighted by Gasteiger charge is -2.22. The highest BCUT2D eigenvalue weighted by molar-refractivity contribution is 7.07. The molecule has 0 aliphatic heterocycles. The molecule has 0 aliphatic carbocycles.